The molecule has 2 N–H and O–H groups in total. The summed E-state index contributed by atoms with van der Waals surface area (Å²) in [6.07, 6.45) is 2.83. The molecule has 1 unspecified atom stereocenters. The minimum Gasteiger partial charge on any atom is -0.448 e. The number of hydrogen-bond donors (Lipinski definition) is 2. The maximum atomic E-state index is 14.3. The summed E-state index contributed by atoms with van der Waals surface area (Å²) in [6, 6.07) is 48.3. The maximum Gasteiger partial charge on any atom is 0.356 e. The van der Waals surface area contributed by atoms with E-state index in [4.69, 9.17) is 19.3 Å². The number of anilines is 1. The fraction of sp³-hybridized carbons (Fsp3) is 0.163. The number of aromatic nitrogens is 1. The molecule has 0 radical (unpaired) electrons. The van der Waals surface area contributed by atoms with E-state index < -0.39 is 40.8 Å². The zero-order chi connectivity index (χ0) is 42.9. The minimum atomic E-state index is -0.973. The van der Waals surface area contributed by atoms with Gasteiger partial charge >= 0.3 is 5.97 Å². The lowest BCUT2D eigenvalue weighted by atomic mass is 9.77. The van der Waals surface area contributed by atoms with Gasteiger partial charge in [0.25, 0.3) is 11.8 Å². The van der Waals surface area contributed by atoms with E-state index in [2.05, 4.69) is 52.2 Å². The Balaban J connectivity index is 1.05. The predicted octanol–water partition coefficient (Wildman–Crippen LogP) is 8.09. The number of rotatable bonds is 16. The number of thiazole rings is 1. The quantitative estimate of drug-likeness (QED) is 0.0326. The lowest BCUT2D eigenvalue weighted by Gasteiger charge is -2.49. The summed E-state index contributed by atoms with van der Waals surface area (Å²) in [5, 5.41) is 12.3. The first-order valence-electron chi connectivity index (χ1n) is 19.9. The molecule has 3 heterocycles. The Morgan fingerprint density at radius 1 is 0.823 bits per heavy atom. The number of oxime groups is 1. The molecule has 2 amide bonds. The molecule has 2 aliphatic heterocycles. The summed E-state index contributed by atoms with van der Waals surface area (Å²) in [4.78, 5) is 54.1. The topological polar surface area (TPSA) is 131 Å². The smallest absolute Gasteiger partial charge is 0.356 e. The van der Waals surface area contributed by atoms with Crippen molar-refractivity contribution in [3.8, 4) is 0 Å². The predicted molar refractivity (Wildman–Crippen MR) is 242 cm³/mol. The largest absolute Gasteiger partial charge is 0.448 e. The molecule has 8 rings (SSSR count). The molecule has 0 bridgehead atoms. The van der Waals surface area contributed by atoms with Crippen molar-refractivity contribution in [2.75, 3.05) is 31.9 Å². The molecule has 0 spiro atoms. The SMILES string of the molecule is COC/C=C\C1=C(C(=O)OC(c2ccccc2)c2ccccc2)N2C(=O)C(NC(=O)/C(=N\OC)c3csc(NC(c4ccccc4)(c4ccccc4)c4ccccc4)n3)[C@H]2SC1. The van der Waals surface area contributed by atoms with Crippen LogP contribution < -0.4 is 10.6 Å². The number of benzene rings is 5. The second-order valence-electron chi connectivity index (χ2n) is 14.3. The van der Waals surface area contributed by atoms with Crippen LogP contribution in [-0.4, -0.2) is 71.4 Å². The molecule has 1 aromatic heterocycles. The first-order valence-corrected chi connectivity index (χ1v) is 21.8. The molecule has 0 aliphatic carbocycles. The van der Waals surface area contributed by atoms with Crippen LogP contribution in [0.5, 0.6) is 0 Å². The van der Waals surface area contributed by atoms with E-state index in [9.17, 15) is 14.4 Å². The van der Waals surface area contributed by atoms with Crippen molar-refractivity contribution in [1.82, 2.24) is 15.2 Å². The molecule has 1 fully saturated rings. The summed E-state index contributed by atoms with van der Waals surface area (Å²) in [5.41, 5.74) is 4.53. The van der Waals surface area contributed by atoms with Gasteiger partial charge in [-0.3, -0.25) is 14.5 Å². The molecular weight excluding hydrogens is 819 g/mol. The Morgan fingerprint density at radius 3 is 1.87 bits per heavy atom. The Morgan fingerprint density at radius 2 is 1.35 bits per heavy atom. The number of esters is 1. The fourth-order valence-electron chi connectivity index (χ4n) is 7.68. The third-order valence-corrected chi connectivity index (χ3v) is 12.6. The zero-order valence-electron chi connectivity index (χ0n) is 33.9. The molecule has 5 aromatic carbocycles. The Hall–Kier alpha value is -6.80. The van der Waals surface area contributed by atoms with Gasteiger partial charge < -0.3 is 24.9 Å². The van der Waals surface area contributed by atoms with Gasteiger partial charge in [-0.15, -0.1) is 23.1 Å². The van der Waals surface area contributed by atoms with Crippen LogP contribution in [0.4, 0.5) is 5.13 Å². The van der Waals surface area contributed by atoms with E-state index in [1.54, 1.807) is 24.6 Å². The van der Waals surface area contributed by atoms with Crippen molar-refractivity contribution in [3.63, 3.8) is 0 Å². The molecular formula is C49H43N5O6S2. The molecule has 2 atom stereocenters. The number of fused-ring (bicyclic) bond motifs is 1. The zero-order valence-corrected chi connectivity index (χ0v) is 35.6. The Kier molecular flexibility index (Phi) is 13.0. The van der Waals surface area contributed by atoms with Crippen LogP contribution in [0.1, 0.15) is 39.6 Å². The van der Waals surface area contributed by atoms with Crippen LogP contribution in [0.2, 0.25) is 0 Å². The number of β-lactam (4-membered cyclic amide) rings is 1. The van der Waals surface area contributed by atoms with Crippen LogP contribution >= 0.6 is 23.1 Å². The summed E-state index contributed by atoms with van der Waals surface area (Å²) < 4.78 is 11.5. The van der Waals surface area contributed by atoms with Gasteiger partial charge in [0, 0.05) is 18.2 Å². The van der Waals surface area contributed by atoms with Crippen LogP contribution in [-0.2, 0) is 34.2 Å². The minimum absolute atomic E-state index is 0.111. The van der Waals surface area contributed by atoms with Crippen LogP contribution in [0.3, 0.4) is 0 Å². The van der Waals surface area contributed by atoms with E-state index in [1.165, 1.54) is 35.1 Å². The standard InChI is InChI=1S/C49H43N5O6S2/c1-58-30-18-23-35-31-61-46-41(45(56)54(46)42(35)47(57)60-43(33-19-8-3-9-20-33)34-21-10-4-11-22-34)51-44(55)40(53-59-2)39-32-62-48(50-39)52-49(36-24-12-5-13-25-36,37-26-14-6-15-27-37)38-28-16-7-17-29-38/h3-29,32,41,43,46H,30-31H2,1-2H3,(H,50,52)(H,51,55)/b23-18-,53-40-/t41?,46-/m1/s1. The number of methoxy groups -OCH3 is 1. The van der Waals surface area contributed by atoms with Crippen LogP contribution in [0.15, 0.2) is 186 Å². The number of nitrogens with one attached hydrogen (secondary N) is 2. The highest BCUT2D eigenvalue weighted by atomic mass is 32.2. The number of hydrogen-bond acceptors (Lipinski definition) is 11. The second kappa shape index (κ2) is 19.3. The first-order chi connectivity index (χ1) is 30.4. The summed E-state index contributed by atoms with van der Waals surface area (Å²) in [6.45, 7) is 0.310. The van der Waals surface area contributed by atoms with Crippen molar-refractivity contribution >= 4 is 51.7 Å². The Labute approximate surface area is 368 Å². The van der Waals surface area contributed by atoms with E-state index >= 15 is 0 Å². The van der Waals surface area contributed by atoms with Crippen molar-refractivity contribution in [1.29, 1.82) is 0 Å². The van der Waals surface area contributed by atoms with Gasteiger partial charge in [0.15, 0.2) is 16.9 Å². The van der Waals surface area contributed by atoms with Gasteiger partial charge in [0.1, 0.15) is 35.5 Å². The molecule has 13 heteroatoms. The highest BCUT2D eigenvalue weighted by molar-refractivity contribution is 8.00. The average molecular weight is 862 g/mol. The first kappa shape index (κ1) is 41.9. The number of allylic oxidation sites excluding steroid dienone is 1. The molecule has 62 heavy (non-hydrogen) atoms. The average Bonchev–Trinajstić information content (AvgIpc) is 3.79. The number of carbonyl (C=O) groups excluding carboxylic acids is 3. The van der Waals surface area contributed by atoms with Gasteiger partial charge in [0.2, 0.25) is 0 Å². The van der Waals surface area contributed by atoms with Gasteiger partial charge in [0.05, 0.1) is 6.61 Å². The van der Waals surface area contributed by atoms with Crippen molar-refractivity contribution in [3.05, 3.63) is 214 Å². The summed E-state index contributed by atoms with van der Waals surface area (Å²) in [7, 11) is 2.92. The molecule has 6 aromatic rings. The number of carbonyl (C=O) groups is 3. The Bertz CT molecular complexity index is 2450. The summed E-state index contributed by atoms with van der Waals surface area (Å²) in [5.74, 6) is -1.41. The molecule has 2 aliphatic rings. The van der Waals surface area contributed by atoms with Crippen molar-refractivity contribution < 1.29 is 28.7 Å². The van der Waals surface area contributed by atoms with Gasteiger partial charge in [-0.25, -0.2) is 9.78 Å². The summed E-state index contributed by atoms with van der Waals surface area (Å²) >= 11 is 2.74. The molecule has 11 nitrogen and oxygen atoms in total. The lowest BCUT2D eigenvalue weighted by Crippen LogP contribution is -2.71. The monoisotopic (exact) mass is 861 g/mol. The van der Waals surface area contributed by atoms with Gasteiger partial charge in [-0.1, -0.05) is 169 Å². The normalized spacial score (nSPS) is 16.5. The fourth-order valence-corrected chi connectivity index (χ4v) is 9.75. The maximum absolute atomic E-state index is 14.3. The van der Waals surface area contributed by atoms with E-state index in [0.717, 1.165) is 27.8 Å². The van der Waals surface area contributed by atoms with E-state index in [1.807, 2.05) is 115 Å². The number of ether oxygens (including phenoxy) is 2. The third-order valence-electron chi connectivity index (χ3n) is 10.5. The van der Waals surface area contributed by atoms with Crippen molar-refractivity contribution in [2.45, 2.75) is 23.1 Å². The lowest BCUT2D eigenvalue weighted by molar-refractivity contribution is -0.154. The third kappa shape index (κ3) is 8.55. The number of amides is 2. The highest BCUT2D eigenvalue weighted by Gasteiger charge is 2.55. The van der Waals surface area contributed by atoms with E-state index in [0.29, 0.717) is 23.1 Å². The number of thioether (sulfide) groups is 1. The molecule has 312 valence electrons. The highest BCUT2D eigenvalue weighted by Crippen LogP contribution is 2.43. The van der Waals surface area contributed by atoms with Crippen LogP contribution in [0.25, 0.3) is 0 Å². The number of nitrogens with zero attached hydrogens (tertiary/aromatic N) is 3. The van der Waals surface area contributed by atoms with Crippen LogP contribution in [0, 0.1) is 0 Å². The second-order valence-corrected chi connectivity index (χ2v) is 16.3. The van der Waals surface area contributed by atoms with E-state index in [-0.39, 0.29) is 17.1 Å². The molecule has 0 saturated carbocycles. The molecule has 1 saturated heterocycles. The van der Waals surface area contributed by atoms with Crippen molar-refractivity contribution in [2.24, 2.45) is 5.16 Å². The van der Waals surface area contributed by atoms with Gasteiger partial charge in [-0.05, 0) is 33.4 Å². The van der Waals surface area contributed by atoms with Gasteiger partial charge in [-0.2, -0.15) is 0 Å².